The summed E-state index contributed by atoms with van der Waals surface area (Å²) >= 11 is 0. The SMILES string of the molecule is O=Cc1ccc(C=O)cc1.c1ccc(Nc2ccccc2)cc1. The fourth-order valence-electron chi connectivity index (χ4n) is 1.86. The second kappa shape index (κ2) is 8.95. The molecule has 0 aliphatic heterocycles. The van der Waals surface area contributed by atoms with E-state index in [1.54, 1.807) is 24.3 Å². The summed E-state index contributed by atoms with van der Waals surface area (Å²) in [4.78, 5) is 20.2. The van der Waals surface area contributed by atoms with E-state index in [1.807, 2.05) is 60.7 Å². The van der Waals surface area contributed by atoms with E-state index in [4.69, 9.17) is 0 Å². The van der Waals surface area contributed by atoms with E-state index in [9.17, 15) is 9.59 Å². The first-order chi connectivity index (χ1) is 11.3. The first-order valence-electron chi connectivity index (χ1n) is 7.19. The average Bonchev–Trinajstić information content (AvgIpc) is 2.64. The molecule has 3 nitrogen and oxygen atoms in total. The molecule has 0 spiro atoms. The molecule has 0 aliphatic carbocycles. The summed E-state index contributed by atoms with van der Waals surface area (Å²) in [7, 11) is 0. The van der Waals surface area contributed by atoms with Crippen molar-refractivity contribution in [3.8, 4) is 0 Å². The number of hydrogen-bond acceptors (Lipinski definition) is 3. The summed E-state index contributed by atoms with van der Waals surface area (Å²) in [6, 6.07) is 26.7. The third-order valence-electron chi connectivity index (χ3n) is 3.04. The fourth-order valence-corrected chi connectivity index (χ4v) is 1.86. The van der Waals surface area contributed by atoms with Crippen LogP contribution in [-0.4, -0.2) is 12.6 Å². The summed E-state index contributed by atoms with van der Waals surface area (Å²) in [5, 5.41) is 3.30. The molecule has 0 heterocycles. The van der Waals surface area contributed by atoms with Gasteiger partial charge in [0.05, 0.1) is 0 Å². The Balaban J connectivity index is 0.000000174. The Morgan fingerprint density at radius 3 is 1.17 bits per heavy atom. The molecule has 23 heavy (non-hydrogen) atoms. The Morgan fingerprint density at radius 1 is 0.522 bits per heavy atom. The monoisotopic (exact) mass is 303 g/mol. The molecule has 3 aromatic rings. The molecule has 0 amide bonds. The number of aldehydes is 2. The van der Waals surface area contributed by atoms with Crippen LogP contribution >= 0.6 is 0 Å². The van der Waals surface area contributed by atoms with E-state index >= 15 is 0 Å². The summed E-state index contributed by atoms with van der Waals surface area (Å²) in [5.41, 5.74) is 3.42. The van der Waals surface area contributed by atoms with Gasteiger partial charge in [0.25, 0.3) is 0 Å². The molecule has 0 radical (unpaired) electrons. The number of carbonyl (C=O) groups is 2. The second-order valence-corrected chi connectivity index (χ2v) is 4.76. The van der Waals surface area contributed by atoms with Crippen molar-refractivity contribution in [3.05, 3.63) is 96.1 Å². The standard InChI is InChI=1S/C12H11N.C8H6O2/c1-3-7-11(8-4-1)13-12-9-5-2-6-10-12;9-5-7-1-2-8(6-10)4-3-7/h1-10,13H;1-6H. The number of anilines is 2. The quantitative estimate of drug-likeness (QED) is 0.708. The maximum absolute atomic E-state index is 10.1. The molecule has 0 saturated heterocycles. The lowest BCUT2D eigenvalue weighted by molar-refractivity contribution is 0.111. The van der Waals surface area contributed by atoms with E-state index in [0.717, 1.165) is 23.9 Å². The van der Waals surface area contributed by atoms with Gasteiger partial charge in [0.2, 0.25) is 0 Å². The van der Waals surface area contributed by atoms with Gasteiger partial charge in [0.15, 0.2) is 0 Å². The van der Waals surface area contributed by atoms with Crippen molar-refractivity contribution >= 4 is 23.9 Å². The highest BCUT2D eigenvalue weighted by Gasteiger charge is 1.90. The number of hydrogen-bond donors (Lipinski definition) is 1. The number of rotatable bonds is 4. The molecule has 0 atom stereocenters. The molecule has 0 aromatic heterocycles. The van der Waals surface area contributed by atoms with E-state index in [0.29, 0.717) is 11.1 Å². The molecular weight excluding hydrogens is 286 g/mol. The number of benzene rings is 3. The lowest BCUT2D eigenvalue weighted by atomic mass is 10.2. The summed E-state index contributed by atoms with van der Waals surface area (Å²) < 4.78 is 0. The van der Waals surface area contributed by atoms with Crippen LogP contribution in [-0.2, 0) is 0 Å². The molecule has 3 aromatic carbocycles. The molecule has 1 N–H and O–H groups in total. The molecule has 3 rings (SSSR count). The Hall–Kier alpha value is -3.20. The van der Waals surface area contributed by atoms with Gasteiger partial charge < -0.3 is 5.32 Å². The highest BCUT2D eigenvalue weighted by atomic mass is 16.1. The number of carbonyl (C=O) groups excluding carboxylic acids is 2. The zero-order valence-electron chi connectivity index (χ0n) is 12.6. The van der Waals surface area contributed by atoms with Crippen LogP contribution in [0.2, 0.25) is 0 Å². The van der Waals surface area contributed by atoms with Crippen LogP contribution in [0, 0.1) is 0 Å². The van der Waals surface area contributed by atoms with Crippen molar-refractivity contribution in [2.45, 2.75) is 0 Å². The summed E-state index contributed by atoms with van der Waals surface area (Å²) in [5.74, 6) is 0. The van der Waals surface area contributed by atoms with Gasteiger partial charge in [-0.05, 0) is 24.3 Å². The van der Waals surface area contributed by atoms with Gasteiger partial charge in [-0.25, -0.2) is 0 Å². The highest BCUT2D eigenvalue weighted by Crippen LogP contribution is 2.14. The lowest BCUT2D eigenvalue weighted by Crippen LogP contribution is -1.87. The zero-order valence-corrected chi connectivity index (χ0v) is 12.6. The van der Waals surface area contributed by atoms with Gasteiger partial charge in [-0.3, -0.25) is 9.59 Å². The van der Waals surface area contributed by atoms with Crippen LogP contribution in [0.1, 0.15) is 20.7 Å². The molecular formula is C20H17NO2. The lowest BCUT2D eigenvalue weighted by Gasteiger charge is -2.04. The van der Waals surface area contributed by atoms with Gasteiger partial charge in [-0.15, -0.1) is 0 Å². The molecule has 0 saturated carbocycles. The number of para-hydroxylation sites is 2. The van der Waals surface area contributed by atoms with Gasteiger partial charge in [-0.2, -0.15) is 0 Å². The van der Waals surface area contributed by atoms with Crippen LogP contribution in [0.15, 0.2) is 84.9 Å². The molecule has 0 fully saturated rings. The second-order valence-electron chi connectivity index (χ2n) is 4.76. The molecule has 3 heteroatoms. The maximum atomic E-state index is 10.1. The van der Waals surface area contributed by atoms with E-state index in [2.05, 4.69) is 5.32 Å². The Kier molecular flexibility index (Phi) is 6.29. The van der Waals surface area contributed by atoms with Gasteiger partial charge in [0.1, 0.15) is 12.6 Å². The largest absolute Gasteiger partial charge is 0.356 e. The topological polar surface area (TPSA) is 46.2 Å². The van der Waals surface area contributed by atoms with Gasteiger partial charge >= 0.3 is 0 Å². The smallest absolute Gasteiger partial charge is 0.150 e. The van der Waals surface area contributed by atoms with Crippen molar-refractivity contribution < 1.29 is 9.59 Å². The first kappa shape index (κ1) is 16.2. The number of nitrogens with one attached hydrogen (secondary N) is 1. The van der Waals surface area contributed by atoms with Crippen molar-refractivity contribution in [2.75, 3.05) is 5.32 Å². The Bertz CT molecular complexity index is 658. The molecule has 114 valence electrons. The predicted octanol–water partition coefficient (Wildman–Crippen LogP) is 4.74. The van der Waals surface area contributed by atoms with Crippen LogP contribution in [0.3, 0.4) is 0 Å². The zero-order chi connectivity index (χ0) is 16.3. The fraction of sp³-hybridized carbons (Fsp3) is 0. The third kappa shape index (κ3) is 5.59. The van der Waals surface area contributed by atoms with Crippen molar-refractivity contribution in [1.82, 2.24) is 0 Å². The van der Waals surface area contributed by atoms with Gasteiger partial charge in [0, 0.05) is 22.5 Å². The third-order valence-corrected chi connectivity index (χ3v) is 3.04. The van der Waals surface area contributed by atoms with E-state index < -0.39 is 0 Å². The summed E-state index contributed by atoms with van der Waals surface area (Å²) in [6.45, 7) is 0. The molecule has 0 aliphatic rings. The van der Waals surface area contributed by atoms with Crippen LogP contribution in [0.5, 0.6) is 0 Å². The predicted molar refractivity (Wildman–Crippen MR) is 93.4 cm³/mol. The van der Waals surface area contributed by atoms with Crippen molar-refractivity contribution in [3.63, 3.8) is 0 Å². The minimum atomic E-state index is 0.589. The first-order valence-corrected chi connectivity index (χ1v) is 7.19. The van der Waals surface area contributed by atoms with Crippen molar-refractivity contribution in [2.24, 2.45) is 0 Å². The highest BCUT2D eigenvalue weighted by molar-refractivity contribution is 5.79. The Labute approximate surface area is 135 Å². The van der Waals surface area contributed by atoms with Crippen molar-refractivity contribution in [1.29, 1.82) is 0 Å². The Morgan fingerprint density at radius 2 is 0.870 bits per heavy atom. The average molecular weight is 303 g/mol. The minimum Gasteiger partial charge on any atom is -0.356 e. The van der Waals surface area contributed by atoms with Crippen LogP contribution in [0.4, 0.5) is 11.4 Å². The van der Waals surface area contributed by atoms with Crippen LogP contribution < -0.4 is 5.32 Å². The maximum Gasteiger partial charge on any atom is 0.150 e. The summed E-state index contributed by atoms with van der Waals surface area (Å²) in [6.07, 6.45) is 1.49. The molecule has 0 bridgehead atoms. The van der Waals surface area contributed by atoms with E-state index in [1.165, 1.54) is 0 Å². The molecule has 0 unspecified atom stereocenters. The normalized spacial score (nSPS) is 9.22. The van der Waals surface area contributed by atoms with E-state index in [-0.39, 0.29) is 0 Å². The minimum absolute atomic E-state index is 0.589. The van der Waals surface area contributed by atoms with Crippen LogP contribution in [0.25, 0.3) is 0 Å². The van der Waals surface area contributed by atoms with Gasteiger partial charge in [-0.1, -0.05) is 60.7 Å².